The van der Waals surface area contributed by atoms with Gasteiger partial charge in [0.2, 0.25) is 11.7 Å². The highest BCUT2D eigenvalue weighted by atomic mass is 32.1. The lowest BCUT2D eigenvalue weighted by Crippen LogP contribution is -2.32. The van der Waals surface area contributed by atoms with Gasteiger partial charge in [-0.15, -0.1) is 11.3 Å². The topological polar surface area (TPSA) is 119 Å². The molecule has 0 bridgehead atoms. The number of aromatic hydroxyl groups is 1. The molecule has 0 aliphatic carbocycles. The molecule has 0 saturated carbocycles. The van der Waals surface area contributed by atoms with E-state index in [0.29, 0.717) is 32.2 Å². The Morgan fingerprint density at radius 1 is 1.06 bits per heavy atom. The first-order chi connectivity index (χ1) is 15.3. The Labute approximate surface area is 186 Å². The van der Waals surface area contributed by atoms with Crippen LogP contribution in [0.3, 0.4) is 0 Å². The highest BCUT2D eigenvalue weighted by molar-refractivity contribution is 7.14. The number of fused-ring (bicyclic) bond motifs is 1. The van der Waals surface area contributed by atoms with Crippen molar-refractivity contribution < 1.29 is 19.8 Å². The SMILES string of the molecule is Cc1nc(C)c(C(=O)C2=C(O)C(=O)N(c3nc4ccccc4[nH]3)C2c2ccc(O)cc2)s1. The maximum atomic E-state index is 13.5. The molecule has 1 aliphatic heterocycles. The Kier molecular flexibility index (Phi) is 4.56. The van der Waals surface area contributed by atoms with E-state index in [2.05, 4.69) is 15.0 Å². The first kappa shape index (κ1) is 20.0. The summed E-state index contributed by atoms with van der Waals surface area (Å²) in [5.74, 6) is -1.57. The number of anilines is 1. The van der Waals surface area contributed by atoms with Gasteiger partial charge in [0, 0.05) is 0 Å². The predicted octanol–water partition coefficient (Wildman–Crippen LogP) is 4.12. The second-order valence-corrected chi connectivity index (χ2v) is 8.69. The number of phenolic OH excluding ortho intramolecular Hbond substituents is 1. The largest absolute Gasteiger partial charge is 0.508 e. The molecule has 160 valence electrons. The fraction of sp³-hybridized carbons (Fsp3) is 0.130. The lowest BCUT2D eigenvalue weighted by atomic mass is 9.95. The number of thiazole rings is 1. The normalized spacial score (nSPS) is 16.4. The molecule has 0 fully saturated rings. The van der Waals surface area contributed by atoms with Crippen LogP contribution in [0.15, 0.2) is 59.9 Å². The number of aryl methyl sites for hydroxylation is 2. The Morgan fingerprint density at radius 2 is 1.78 bits per heavy atom. The van der Waals surface area contributed by atoms with Crippen molar-refractivity contribution in [1.82, 2.24) is 15.0 Å². The van der Waals surface area contributed by atoms with Gasteiger partial charge in [0.15, 0.2) is 5.76 Å². The van der Waals surface area contributed by atoms with Gasteiger partial charge in [0.05, 0.1) is 38.2 Å². The van der Waals surface area contributed by atoms with Gasteiger partial charge in [-0.2, -0.15) is 0 Å². The molecule has 2 aromatic heterocycles. The number of benzene rings is 2. The van der Waals surface area contributed by atoms with Crippen LogP contribution in [-0.2, 0) is 4.79 Å². The summed E-state index contributed by atoms with van der Waals surface area (Å²) in [5.41, 5.74) is 2.40. The molecular formula is C23H18N4O4S. The van der Waals surface area contributed by atoms with E-state index in [1.165, 1.54) is 28.4 Å². The smallest absolute Gasteiger partial charge is 0.296 e. The first-order valence-electron chi connectivity index (χ1n) is 9.84. The average Bonchev–Trinajstić information content (AvgIpc) is 3.42. The van der Waals surface area contributed by atoms with Crippen LogP contribution < -0.4 is 4.90 Å². The van der Waals surface area contributed by atoms with E-state index in [0.717, 1.165) is 0 Å². The van der Waals surface area contributed by atoms with Crippen LogP contribution in [-0.4, -0.2) is 36.9 Å². The molecule has 2 aromatic carbocycles. The quantitative estimate of drug-likeness (QED) is 0.406. The maximum absolute atomic E-state index is 13.5. The van der Waals surface area contributed by atoms with Crippen molar-refractivity contribution in [3.8, 4) is 5.75 Å². The zero-order valence-electron chi connectivity index (χ0n) is 17.2. The zero-order chi connectivity index (χ0) is 22.6. The summed E-state index contributed by atoms with van der Waals surface area (Å²) in [6.45, 7) is 3.51. The number of hydrogen-bond acceptors (Lipinski definition) is 7. The molecule has 1 amide bonds. The summed E-state index contributed by atoms with van der Waals surface area (Å²) in [6, 6.07) is 12.5. The summed E-state index contributed by atoms with van der Waals surface area (Å²) in [6.07, 6.45) is 0. The third kappa shape index (κ3) is 3.05. The number of ketones is 1. The summed E-state index contributed by atoms with van der Waals surface area (Å²) >= 11 is 1.21. The number of aliphatic hydroxyl groups is 1. The van der Waals surface area contributed by atoms with E-state index in [4.69, 9.17) is 0 Å². The molecule has 0 radical (unpaired) electrons. The van der Waals surface area contributed by atoms with Crippen LogP contribution in [0.4, 0.5) is 5.95 Å². The molecule has 3 heterocycles. The van der Waals surface area contributed by atoms with E-state index in [1.54, 1.807) is 32.0 Å². The number of aromatic amines is 1. The third-order valence-electron chi connectivity index (χ3n) is 5.38. The molecule has 1 unspecified atom stereocenters. The van der Waals surface area contributed by atoms with E-state index in [-0.39, 0.29) is 17.3 Å². The van der Waals surface area contributed by atoms with Crippen LogP contribution >= 0.6 is 11.3 Å². The fourth-order valence-corrected chi connectivity index (χ4v) is 4.82. The van der Waals surface area contributed by atoms with Gasteiger partial charge in [0.1, 0.15) is 5.75 Å². The molecular weight excluding hydrogens is 428 g/mol. The average molecular weight is 446 g/mol. The monoisotopic (exact) mass is 446 g/mol. The Morgan fingerprint density at radius 3 is 2.44 bits per heavy atom. The number of rotatable bonds is 4. The number of nitrogens with one attached hydrogen (secondary N) is 1. The number of H-pyrrole nitrogens is 1. The number of phenols is 1. The van der Waals surface area contributed by atoms with Crippen molar-refractivity contribution in [2.24, 2.45) is 0 Å². The molecule has 32 heavy (non-hydrogen) atoms. The summed E-state index contributed by atoms with van der Waals surface area (Å²) in [4.78, 5) is 40.3. The Hall–Kier alpha value is -3.98. The minimum absolute atomic E-state index is 0.0448. The molecule has 1 atom stereocenters. The maximum Gasteiger partial charge on any atom is 0.296 e. The second-order valence-electron chi connectivity index (χ2n) is 7.49. The number of imidazole rings is 1. The summed E-state index contributed by atoms with van der Waals surface area (Å²) in [5, 5.41) is 21.3. The number of para-hydroxylation sites is 2. The van der Waals surface area contributed by atoms with Gasteiger partial charge in [-0.25, -0.2) is 9.97 Å². The molecule has 8 nitrogen and oxygen atoms in total. The van der Waals surface area contributed by atoms with Gasteiger partial charge >= 0.3 is 0 Å². The number of nitrogens with zero attached hydrogens (tertiary/aromatic N) is 3. The van der Waals surface area contributed by atoms with Crippen LogP contribution in [0.1, 0.15) is 32.0 Å². The van der Waals surface area contributed by atoms with E-state index >= 15 is 0 Å². The van der Waals surface area contributed by atoms with Crippen LogP contribution in [0.25, 0.3) is 11.0 Å². The van der Waals surface area contributed by atoms with Gasteiger partial charge in [-0.05, 0) is 43.7 Å². The van der Waals surface area contributed by atoms with E-state index in [1.807, 2.05) is 18.2 Å². The van der Waals surface area contributed by atoms with Gasteiger partial charge in [-0.3, -0.25) is 14.5 Å². The van der Waals surface area contributed by atoms with Gasteiger partial charge < -0.3 is 15.2 Å². The van der Waals surface area contributed by atoms with E-state index < -0.39 is 23.5 Å². The number of aliphatic hydroxyl groups excluding tert-OH is 1. The number of hydrogen-bond donors (Lipinski definition) is 3. The standard InChI is InChI=1S/C23H18N4O4S/c1-11-21(32-12(2)24-11)19(29)17-18(13-7-9-14(28)10-8-13)27(22(31)20(17)30)23-25-15-5-3-4-6-16(15)26-23/h3-10,18,28,30H,1-2H3,(H,25,26). The van der Waals surface area contributed by atoms with Crippen molar-refractivity contribution >= 4 is 40.0 Å². The fourth-order valence-electron chi connectivity index (χ4n) is 3.95. The molecule has 0 saturated heterocycles. The van der Waals surface area contributed by atoms with Crippen molar-refractivity contribution in [3.05, 3.63) is 81.0 Å². The minimum atomic E-state index is -0.932. The number of amides is 1. The van der Waals surface area contributed by atoms with Crippen molar-refractivity contribution in [3.63, 3.8) is 0 Å². The number of aromatic nitrogens is 3. The Balaban J connectivity index is 1.69. The predicted molar refractivity (Wildman–Crippen MR) is 120 cm³/mol. The summed E-state index contributed by atoms with van der Waals surface area (Å²) < 4.78 is 0. The zero-order valence-corrected chi connectivity index (χ0v) is 18.0. The van der Waals surface area contributed by atoms with Crippen LogP contribution in [0, 0.1) is 13.8 Å². The summed E-state index contributed by atoms with van der Waals surface area (Å²) in [7, 11) is 0. The highest BCUT2D eigenvalue weighted by Crippen LogP contribution is 2.42. The Bertz CT molecular complexity index is 1380. The van der Waals surface area contributed by atoms with Crippen LogP contribution in [0.5, 0.6) is 5.75 Å². The lowest BCUT2D eigenvalue weighted by Gasteiger charge is -2.24. The molecule has 4 aromatic rings. The van der Waals surface area contributed by atoms with Crippen LogP contribution in [0.2, 0.25) is 0 Å². The molecule has 9 heteroatoms. The molecule has 5 rings (SSSR count). The number of Topliss-reactive ketones (excluding diaryl/α,β-unsaturated/α-hetero) is 1. The molecule has 0 spiro atoms. The highest BCUT2D eigenvalue weighted by Gasteiger charge is 2.46. The van der Waals surface area contributed by atoms with Crippen molar-refractivity contribution in [1.29, 1.82) is 0 Å². The molecule has 1 aliphatic rings. The number of carbonyl (C=O) groups excluding carboxylic acids is 2. The second kappa shape index (κ2) is 7.31. The van der Waals surface area contributed by atoms with Gasteiger partial charge in [0.25, 0.3) is 5.91 Å². The molecule has 3 N–H and O–H groups in total. The lowest BCUT2D eigenvalue weighted by molar-refractivity contribution is -0.117. The third-order valence-corrected chi connectivity index (χ3v) is 6.45. The number of carbonyl (C=O) groups is 2. The van der Waals surface area contributed by atoms with Crippen molar-refractivity contribution in [2.75, 3.05) is 4.90 Å². The van der Waals surface area contributed by atoms with E-state index in [9.17, 15) is 19.8 Å². The minimum Gasteiger partial charge on any atom is -0.508 e. The van der Waals surface area contributed by atoms with Crippen molar-refractivity contribution in [2.45, 2.75) is 19.9 Å². The first-order valence-corrected chi connectivity index (χ1v) is 10.7. The van der Waals surface area contributed by atoms with Gasteiger partial charge in [-0.1, -0.05) is 24.3 Å².